The first-order chi connectivity index (χ1) is 6.55. The fourth-order valence-electron chi connectivity index (χ4n) is 1.62. The minimum atomic E-state index is 0.137. The van der Waals surface area contributed by atoms with E-state index in [1.54, 1.807) is 7.11 Å². The molecule has 1 aliphatic heterocycles. The van der Waals surface area contributed by atoms with Crippen LogP contribution >= 0.6 is 0 Å². The molecule has 0 unspecified atom stereocenters. The minimum Gasteiger partial charge on any atom is -0.385 e. The maximum absolute atomic E-state index is 11.4. The van der Waals surface area contributed by atoms with Crippen LogP contribution in [0, 0.1) is 5.41 Å². The predicted octanol–water partition coefficient (Wildman–Crippen LogP) is 0.438. The summed E-state index contributed by atoms with van der Waals surface area (Å²) in [6.45, 7) is 7.06. The van der Waals surface area contributed by atoms with Crippen molar-refractivity contribution < 1.29 is 9.53 Å². The van der Waals surface area contributed by atoms with Gasteiger partial charge >= 0.3 is 0 Å². The third kappa shape index (κ3) is 3.27. The van der Waals surface area contributed by atoms with Gasteiger partial charge in [0.1, 0.15) is 0 Å². The first kappa shape index (κ1) is 11.5. The Morgan fingerprint density at radius 3 is 2.79 bits per heavy atom. The summed E-state index contributed by atoms with van der Waals surface area (Å²) in [5.41, 5.74) is 0.137. The lowest BCUT2D eigenvalue weighted by atomic mass is 9.89. The summed E-state index contributed by atoms with van der Waals surface area (Å²) in [5, 5.41) is 3.05. The van der Waals surface area contributed by atoms with E-state index in [0.29, 0.717) is 13.2 Å². The van der Waals surface area contributed by atoms with Crippen LogP contribution in [0.15, 0.2) is 0 Å². The van der Waals surface area contributed by atoms with Crippen LogP contribution in [-0.4, -0.2) is 44.3 Å². The quantitative estimate of drug-likeness (QED) is 0.700. The fourth-order valence-corrected chi connectivity index (χ4v) is 1.62. The highest BCUT2D eigenvalue weighted by molar-refractivity contribution is 5.80. The summed E-state index contributed by atoms with van der Waals surface area (Å²) >= 11 is 0. The third-order valence-corrected chi connectivity index (χ3v) is 2.53. The second-order valence-electron chi connectivity index (χ2n) is 4.58. The smallest absolute Gasteiger partial charge is 0.237 e. The lowest BCUT2D eigenvalue weighted by Gasteiger charge is -2.29. The maximum Gasteiger partial charge on any atom is 0.237 e. The lowest BCUT2D eigenvalue weighted by molar-refractivity contribution is -0.128. The van der Waals surface area contributed by atoms with E-state index in [2.05, 4.69) is 19.2 Å². The van der Waals surface area contributed by atoms with Crippen molar-refractivity contribution in [2.45, 2.75) is 20.3 Å². The van der Waals surface area contributed by atoms with Gasteiger partial charge in [0.2, 0.25) is 5.91 Å². The van der Waals surface area contributed by atoms with Gasteiger partial charge in [0.25, 0.3) is 0 Å². The van der Waals surface area contributed by atoms with Crippen molar-refractivity contribution >= 4 is 5.91 Å². The molecule has 14 heavy (non-hydrogen) atoms. The zero-order valence-corrected chi connectivity index (χ0v) is 9.30. The van der Waals surface area contributed by atoms with Crippen molar-refractivity contribution in [3.63, 3.8) is 0 Å². The van der Waals surface area contributed by atoms with Gasteiger partial charge in [-0.25, -0.2) is 0 Å². The number of amides is 1. The van der Waals surface area contributed by atoms with Crippen molar-refractivity contribution in [2.75, 3.05) is 33.5 Å². The monoisotopic (exact) mass is 200 g/mol. The van der Waals surface area contributed by atoms with Crippen molar-refractivity contribution in [2.24, 2.45) is 5.41 Å². The van der Waals surface area contributed by atoms with Crippen LogP contribution in [0.25, 0.3) is 0 Å². The van der Waals surface area contributed by atoms with E-state index in [-0.39, 0.29) is 11.3 Å². The van der Waals surface area contributed by atoms with Crippen LogP contribution in [0.3, 0.4) is 0 Å². The van der Waals surface area contributed by atoms with Gasteiger partial charge in [-0.15, -0.1) is 0 Å². The molecule has 4 heteroatoms. The number of nitrogens with zero attached hydrogens (tertiary/aromatic N) is 1. The molecular formula is C10H20N2O2. The zero-order valence-electron chi connectivity index (χ0n) is 9.30. The summed E-state index contributed by atoms with van der Waals surface area (Å²) in [4.78, 5) is 13.2. The topological polar surface area (TPSA) is 41.6 Å². The van der Waals surface area contributed by atoms with Crippen LogP contribution in [0.4, 0.5) is 0 Å². The Hall–Kier alpha value is -0.610. The predicted molar refractivity (Wildman–Crippen MR) is 54.9 cm³/mol. The Bertz CT molecular complexity index is 204. The Balaban J connectivity index is 2.37. The number of rotatable bonds is 5. The molecule has 1 aliphatic rings. The third-order valence-electron chi connectivity index (χ3n) is 2.53. The molecule has 1 amide bonds. The molecule has 0 aromatic heterocycles. The number of ether oxygens (including phenoxy) is 1. The van der Waals surface area contributed by atoms with Crippen molar-refractivity contribution in [1.82, 2.24) is 10.2 Å². The molecule has 0 atom stereocenters. The molecular weight excluding hydrogens is 180 g/mol. The average Bonchev–Trinajstić information content (AvgIpc) is 2.48. The minimum absolute atomic E-state index is 0.137. The molecule has 0 bridgehead atoms. The highest BCUT2D eigenvalue weighted by atomic mass is 16.5. The zero-order chi connectivity index (χ0) is 10.6. The molecule has 1 rings (SSSR count). The van der Waals surface area contributed by atoms with Gasteiger partial charge < -0.3 is 9.64 Å². The van der Waals surface area contributed by atoms with Crippen LogP contribution in [0.5, 0.6) is 0 Å². The number of hydrogen-bond acceptors (Lipinski definition) is 3. The van der Waals surface area contributed by atoms with Crippen LogP contribution in [-0.2, 0) is 9.53 Å². The van der Waals surface area contributed by atoms with Gasteiger partial charge in [-0.3, -0.25) is 10.1 Å². The Morgan fingerprint density at radius 1 is 1.57 bits per heavy atom. The summed E-state index contributed by atoms with van der Waals surface area (Å²) in [5.74, 6) is 0.204. The molecule has 0 aliphatic carbocycles. The van der Waals surface area contributed by atoms with E-state index in [4.69, 9.17) is 4.74 Å². The second-order valence-corrected chi connectivity index (χ2v) is 4.58. The molecule has 1 heterocycles. The molecule has 4 nitrogen and oxygen atoms in total. The number of hydrogen-bond donors (Lipinski definition) is 1. The van der Waals surface area contributed by atoms with Crippen molar-refractivity contribution in [3.8, 4) is 0 Å². The standard InChI is InChI=1S/C10H20N2O2/c1-10(2,4-5-14-3)7-12-8-11-6-9(12)13/h11H,4-8H2,1-3H3. The summed E-state index contributed by atoms with van der Waals surface area (Å²) in [7, 11) is 1.71. The van der Waals surface area contributed by atoms with Gasteiger partial charge in [-0.2, -0.15) is 0 Å². The van der Waals surface area contributed by atoms with Crippen LogP contribution < -0.4 is 5.32 Å². The number of methoxy groups -OCH3 is 1. The summed E-state index contributed by atoms with van der Waals surface area (Å²) < 4.78 is 5.05. The molecule has 1 N–H and O–H groups in total. The highest BCUT2D eigenvalue weighted by Gasteiger charge is 2.27. The van der Waals surface area contributed by atoms with E-state index in [9.17, 15) is 4.79 Å². The first-order valence-corrected chi connectivity index (χ1v) is 5.02. The Kier molecular flexibility index (Phi) is 3.89. The summed E-state index contributed by atoms with van der Waals surface area (Å²) in [6, 6.07) is 0. The molecule has 0 saturated carbocycles. The molecule has 1 fully saturated rings. The van der Waals surface area contributed by atoms with Gasteiger partial charge in [0.05, 0.1) is 13.2 Å². The van der Waals surface area contributed by atoms with E-state index in [1.807, 2.05) is 4.90 Å². The Morgan fingerprint density at radius 2 is 2.29 bits per heavy atom. The van der Waals surface area contributed by atoms with Gasteiger partial charge in [-0.05, 0) is 11.8 Å². The first-order valence-electron chi connectivity index (χ1n) is 5.02. The van der Waals surface area contributed by atoms with Crippen molar-refractivity contribution in [3.05, 3.63) is 0 Å². The van der Waals surface area contributed by atoms with Gasteiger partial charge in [0, 0.05) is 20.3 Å². The van der Waals surface area contributed by atoms with Crippen molar-refractivity contribution in [1.29, 1.82) is 0 Å². The molecule has 0 radical (unpaired) electrons. The maximum atomic E-state index is 11.4. The lowest BCUT2D eigenvalue weighted by Crippen LogP contribution is -2.36. The SMILES string of the molecule is COCCC(C)(C)CN1CNCC1=O. The molecule has 82 valence electrons. The van der Waals surface area contributed by atoms with E-state index in [0.717, 1.165) is 19.6 Å². The fraction of sp³-hybridized carbons (Fsp3) is 0.900. The molecule has 0 spiro atoms. The van der Waals surface area contributed by atoms with E-state index in [1.165, 1.54) is 0 Å². The van der Waals surface area contributed by atoms with E-state index < -0.39 is 0 Å². The molecule has 0 aromatic carbocycles. The molecule has 1 saturated heterocycles. The highest BCUT2D eigenvalue weighted by Crippen LogP contribution is 2.22. The normalized spacial score (nSPS) is 17.9. The van der Waals surface area contributed by atoms with Gasteiger partial charge in [-0.1, -0.05) is 13.8 Å². The van der Waals surface area contributed by atoms with Gasteiger partial charge in [0.15, 0.2) is 0 Å². The Labute approximate surface area is 85.6 Å². The largest absolute Gasteiger partial charge is 0.385 e. The van der Waals surface area contributed by atoms with E-state index >= 15 is 0 Å². The summed E-state index contributed by atoms with van der Waals surface area (Å²) in [6.07, 6.45) is 0.979. The van der Waals surface area contributed by atoms with Crippen LogP contribution in [0.2, 0.25) is 0 Å². The second kappa shape index (κ2) is 4.75. The molecule has 0 aromatic rings. The average molecular weight is 200 g/mol. The number of carbonyl (C=O) groups excluding carboxylic acids is 1. The number of carbonyl (C=O) groups is 1. The van der Waals surface area contributed by atoms with Crippen LogP contribution in [0.1, 0.15) is 20.3 Å². The number of nitrogens with one attached hydrogen (secondary N) is 1.